The van der Waals surface area contributed by atoms with Crippen molar-refractivity contribution in [2.24, 2.45) is 0 Å². The zero-order valence-corrected chi connectivity index (χ0v) is 16.2. The molecule has 0 saturated heterocycles. The highest BCUT2D eigenvalue weighted by atomic mass is 32.1. The van der Waals surface area contributed by atoms with E-state index in [-0.39, 0.29) is 16.1 Å². The average molecular weight is 381 g/mol. The molecule has 0 amide bonds. The molecule has 0 aromatic carbocycles. The molecule has 1 heterocycles. The first-order chi connectivity index (χ1) is 12.4. The number of carbonyl (C=O) groups is 2. The number of rotatable bonds is 13. The van der Waals surface area contributed by atoms with Crippen LogP contribution in [-0.2, 0) is 9.53 Å². The molecule has 0 fully saturated rings. The second-order valence-corrected chi connectivity index (χ2v) is 6.81. The van der Waals surface area contributed by atoms with Crippen LogP contribution in [0.15, 0.2) is 23.1 Å². The van der Waals surface area contributed by atoms with E-state index in [1.165, 1.54) is 6.20 Å². The molecule has 26 heavy (non-hydrogen) atoms. The molecule has 1 rings (SSSR count). The van der Waals surface area contributed by atoms with Crippen LogP contribution in [0, 0.1) is 4.77 Å². The van der Waals surface area contributed by atoms with Crippen molar-refractivity contribution in [3.05, 3.63) is 39.0 Å². The number of hydrogen-bond donors (Lipinski definition) is 2. The quantitative estimate of drug-likeness (QED) is 0.231. The first-order valence-corrected chi connectivity index (χ1v) is 9.50. The summed E-state index contributed by atoms with van der Waals surface area (Å²) in [6.45, 7) is 5.71. The fourth-order valence-electron chi connectivity index (χ4n) is 2.47. The summed E-state index contributed by atoms with van der Waals surface area (Å²) in [6.07, 6.45) is 10.2. The standard InChI is InChI=1S/C19H28N2O4S/c1-14(2)16(22)11-9-7-5-3-4-6-8-10-12-25-18(24)15-13-20-19(26)21-17(15)23/h13H,1,3-12H2,2H3,(H2,20,21,23,26). The molecule has 0 aliphatic carbocycles. The molecule has 2 N–H and O–H groups in total. The summed E-state index contributed by atoms with van der Waals surface area (Å²) in [5.74, 6) is -0.471. The van der Waals surface area contributed by atoms with Gasteiger partial charge in [-0.25, -0.2) is 4.79 Å². The van der Waals surface area contributed by atoms with Crippen molar-refractivity contribution >= 4 is 24.0 Å². The van der Waals surface area contributed by atoms with Gasteiger partial charge in [-0.3, -0.25) is 14.6 Å². The Labute approximate surface area is 159 Å². The maximum absolute atomic E-state index is 11.8. The SMILES string of the molecule is C=C(C)C(=O)CCCCCCCCCCOC(=O)c1c[nH]c(=S)[nH]c1=O. The summed E-state index contributed by atoms with van der Waals surface area (Å²) < 4.78 is 5.27. The van der Waals surface area contributed by atoms with Gasteiger partial charge in [-0.1, -0.05) is 45.1 Å². The lowest BCUT2D eigenvalue weighted by atomic mass is 10.0. The van der Waals surface area contributed by atoms with Crippen LogP contribution in [0.5, 0.6) is 0 Å². The summed E-state index contributed by atoms with van der Waals surface area (Å²) in [5, 5.41) is 0. The fraction of sp³-hybridized carbons (Fsp3) is 0.579. The molecule has 1 aromatic rings. The van der Waals surface area contributed by atoms with Gasteiger partial charge < -0.3 is 9.72 Å². The Morgan fingerprint density at radius 1 is 1.08 bits per heavy atom. The fourth-order valence-corrected chi connectivity index (χ4v) is 2.62. The van der Waals surface area contributed by atoms with Crippen molar-refractivity contribution in [1.29, 1.82) is 0 Å². The predicted molar refractivity (Wildman–Crippen MR) is 104 cm³/mol. The van der Waals surface area contributed by atoms with E-state index < -0.39 is 11.5 Å². The van der Waals surface area contributed by atoms with Crippen LogP contribution in [0.3, 0.4) is 0 Å². The molecule has 7 heteroatoms. The number of aromatic nitrogens is 2. The zero-order valence-electron chi connectivity index (χ0n) is 15.4. The Kier molecular flexibility index (Phi) is 10.5. The van der Waals surface area contributed by atoms with Crippen molar-refractivity contribution in [2.45, 2.75) is 64.7 Å². The molecule has 0 radical (unpaired) electrons. The topological polar surface area (TPSA) is 92.0 Å². The van der Waals surface area contributed by atoms with E-state index in [0.717, 1.165) is 51.4 Å². The second kappa shape index (κ2) is 12.4. The van der Waals surface area contributed by atoms with E-state index in [4.69, 9.17) is 17.0 Å². The number of ketones is 1. The number of Topliss-reactive ketones (excluding diaryl/α,β-unsaturated/α-hetero) is 1. The smallest absolute Gasteiger partial charge is 0.345 e. The third-order valence-corrected chi connectivity index (χ3v) is 4.27. The Morgan fingerprint density at radius 2 is 1.65 bits per heavy atom. The first kappa shape index (κ1) is 22.0. The molecule has 0 bridgehead atoms. The first-order valence-electron chi connectivity index (χ1n) is 9.09. The highest BCUT2D eigenvalue weighted by Gasteiger charge is 2.11. The Hall–Kier alpha value is -2.02. The molecule has 0 saturated carbocycles. The minimum atomic E-state index is -0.637. The number of allylic oxidation sites excluding steroid dienone is 1. The molecule has 0 atom stereocenters. The number of aromatic amines is 2. The Balaban J connectivity index is 2.00. The van der Waals surface area contributed by atoms with E-state index in [0.29, 0.717) is 18.6 Å². The maximum Gasteiger partial charge on any atom is 0.345 e. The van der Waals surface area contributed by atoms with Gasteiger partial charge in [-0.2, -0.15) is 0 Å². The lowest BCUT2D eigenvalue weighted by Crippen LogP contribution is -2.20. The highest BCUT2D eigenvalue weighted by Crippen LogP contribution is 2.11. The minimum Gasteiger partial charge on any atom is -0.462 e. The summed E-state index contributed by atoms with van der Waals surface area (Å²) >= 11 is 4.77. The number of hydrogen-bond acceptors (Lipinski definition) is 5. The largest absolute Gasteiger partial charge is 0.462 e. The monoisotopic (exact) mass is 380 g/mol. The normalized spacial score (nSPS) is 10.5. The second-order valence-electron chi connectivity index (χ2n) is 6.40. The van der Waals surface area contributed by atoms with Gasteiger partial charge in [0.05, 0.1) is 6.61 Å². The predicted octanol–water partition coefficient (Wildman–Crippen LogP) is 4.25. The number of carbonyl (C=O) groups excluding carboxylic acids is 2. The number of unbranched alkanes of at least 4 members (excludes halogenated alkanes) is 7. The van der Waals surface area contributed by atoms with Crippen molar-refractivity contribution < 1.29 is 14.3 Å². The number of esters is 1. The highest BCUT2D eigenvalue weighted by molar-refractivity contribution is 7.71. The number of H-pyrrole nitrogens is 2. The zero-order chi connectivity index (χ0) is 19.4. The molecule has 0 unspecified atom stereocenters. The molecule has 0 aliphatic heterocycles. The van der Waals surface area contributed by atoms with Crippen LogP contribution >= 0.6 is 12.2 Å². The van der Waals surface area contributed by atoms with Gasteiger partial charge in [-0.15, -0.1) is 0 Å². The van der Waals surface area contributed by atoms with E-state index in [9.17, 15) is 14.4 Å². The van der Waals surface area contributed by atoms with Crippen LogP contribution in [0.1, 0.15) is 75.1 Å². The van der Waals surface area contributed by atoms with Gasteiger partial charge in [0.25, 0.3) is 5.56 Å². The summed E-state index contributed by atoms with van der Waals surface area (Å²) in [7, 11) is 0. The third kappa shape index (κ3) is 8.89. The maximum atomic E-state index is 11.8. The van der Waals surface area contributed by atoms with Gasteiger partial charge in [-0.05, 0) is 37.6 Å². The van der Waals surface area contributed by atoms with Gasteiger partial charge in [0.15, 0.2) is 10.6 Å². The molecule has 0 aliphatic rings. The van der Waals surface area contributed by atoms with Crippen molar-refractivity contribution in [3.8, 4) is 0 Å². The number of ether oxygens (including phenoxy) is 1. The molecule has 1 aromatic heterocycles. The summed E-state index contributed by atoms with van der Waals surface area (Å²) in [4.78, 5) is 39.7. The van der Waals surface area contributed by atoms with E-state index >= 15 is 0 Å². The van der Waals surface area contributed by atoms with E-state index in [1.54, 1.807) is 6.92 Å². The van der Waals surface area contributed by atoms with Crippen LogP contribution in [0.4, 0.5) is 0 Å². The van der Waals surface area contributed by atoms with Gasteiger partial charge in [0.1, 0.15) is 5.56 Å². The van der Waals surface area contributed by atoms with Crippen molar-refractivity contribution in [1.82, 2.24) is 9.97 Å². The minimum absolute atomic E-state index is 0.0660. The van der Waals surface area contributed by atoms with Crippen molar-refractivity contribution in [3.63, 3.8) is 0 Å². The third-order valence-electron chi connectivity index (χ3n) is 4.05. The lowest BCUT2D eigenvalue weighted by Gasteiger charge is -2.05. The summed E-state index contributed by atoms with van der Waals surface area (Å²) in [5.41, 5.74) is 0.0401. The van der Waals surface area contributed by atoms with E-state index in [1.807, 2.05) is 0 Å². The van der Waals surface area contributed by atoms with Crippen LogP contribution in [-0.4, -0.2) is 28.3 Å². The van der Waals surface area contributed by atoms with Crippen molar-refractivity contribution in [2.75, 3.05) is 6.61 Å². The lowest BCUT2D eigenvalue weighted by molar-refractivity contribution is -0.115. The van der Waals surface area contributed by atoms with Crippen LogP contribution in [0.25, 0.3) is 0 Å². The van der Waals surface area contributed by atoms with Crippen LogP contribution < -0.4 is 5.56 Å². The Bertz CT molecular complexity index is 721. The summed E-state index contributed by atoms with van der Waals surface area (Å²) in [6, 6.07) is 0. The molecule has 0 spiro atoms. The molecular weight excluding hydrogens is 352 g/mol. The van der Waals surface area contributed by atoms with Gasteiger partial charge in [0, 0.05) is 12.6 Å². The molecular formula is C19H28N2O4S. The van der Waals surface area contributed by atoms with E-state index in [2.05, 4.69) is 16.5 Å². The Morgan fingerprint density at radius 3 is 2.23 bits per heavy atom. The molecule has 6 nitrogen and oxygen atoms in total. The molecule has 144 valence electrons. The van der Waals surface area contributed by atoms with Gasteiger partial charge >= 0.3 is 5.97 Å². The number of nitrogens with one attached hydrogen (secondary N) is 2. The average Bonchev–Trinajstić information content (AvgIpc) is 2.59. The van der Waals surface area contributed by atoms with Crippen LogP contribution in [0.2, 0.25) is 0 Å². The van der Waals surface area contributed by atoms with Gasteiger partial charge in [0.2, 0.25) is 0 Å².